The molecule has 1 aromatic heterocycles. The Balaban J connectivity index is 1.94. The summed E-state index contributed by atoms with van der Waals surface area (Å²) >= 11 is 7.05. The first kappa shape index (κ1) is 17.1. The van der Waals surface area contributed by atoms with Crippen molar-refractivity contribution in [2.75, 3.05) is 6.61 Å². The van der Waals surface area contributed by atoms with Crippen LogP contribution in [0.1, 0.15) is 6.42 Å². The Labute approximate surface area is 156 Å². The highest BCUT2D eigenvalue weighted by molar-refractivity contribution is 8.00. The molecule has 132 valence electrons. The zero-order chi connectivity index (χ0) is 18.3. The topological polar surface area (TPSA) is 61.2 Å². The van der Waals surface area contributed by atoms with Crippen molar-refractivity contribution in [3.63, 3.8) is 0 Å². The van der Waals surface area contributed by atoms with E-state index in [0.29, 0.717) is 34.8 Å². The molecule has 0 bridgehead atoms. The number of carbonyl (C=O) groups is 1. The molecular formula is C18H12ClFN2O3S. The number of hydrogen-bond acceptors (Lipinski definition) is 5. The van der Waals surface area contributed by atoms with Crippen LogP contribution < -0.4 is 5.56 Å². The number of ether oxygens (including phenoxy) is 1. The Morgan fingerprint density at radius 3 is 2.77 bits per heavy atom. The summed E-state index contributed by atoms with van der Waals surface area (Å²) in [4.78, 5) is 29.4. The van der Waals surface area contributed by atoms with Gasteiger partial charge in [-0.05, 0) is 30.3 Å². The molecule has 8 heteroatoms. The average molecular weight is 391 g/mol. The second-order valence-corrected chi connectivity index (χ2v) is 7.29. The predicted octanol–water partition coefficient (Wildman–Crippen LogP) is 3.59. The number of hydrogen-bond donors (Lipinski definition) is 0. The number of nitrogens with zero attached hydrogens (tertiary/aromatic N) is 2. The van der Waals surface area contributed by atoms with Crippen LogP contribution in [0, 0.1) is 5.82 Å². The summed E-state index contributed by atoms with van der Waals surface area (Å²) in [5, 5.41) is 0.218. The second-order valence-electron chi connectivity index (χ2n) is 5.71. The molecule has 0 aliphatic carbocycles. The molecule has 1 aliphatic rings. The van der Waals surface area contributed by atoms with Crippen molar-refractivity contribution in [1.29, 1.82) is 0 Å². The first-order valence-corrected chi connectivity index (χ1v) is 9.11. The number of para-hydroxylation sites is 1. The number of aromatic nitrogens is 2. The minimum atomic E-state index is -0.578. The van der Waals surface area contributed by atoms with Crippen molar-refractivity contribution < 1.29 is 13.9 Å². The maximum atomic E-state index is 13.5. The molecule has 5 nitrogen and oxygen atoms in total. The van der Waals surface area contributed by atoms with Gasteiger partial charge in [-0.25, -0.2) is 9.37 Å². The van der Waals surface area contributed by atoms with Gasteiger partial charge in [-0.2, -0.15) is 0 Å². The highest BCUT2D eigenvalue weighted by Gasteiger charge is 2.29. The van der Waals surface area contributed by atoms with E-state index in [-0.39, 0.29) is 16.6 Å². The van der Waals surface area contributed by atoms with Crippen LogP contribution in [0.2, 0.25) is 5.02 Å². The maximum absolute atomic E-state index is 13.5. The number of thioether (sulfide) groups is 1. The summed E-state index contributed by atoms with van der Waals surface area (Å²) in [5.74, 6) is -0.910. The molecule has 1 atom stereocenters. The van der Waals surface area contributed by atoms with Gasteiger partial charge in [0.1, 0.15) is 11.1 Å². The van der Waals surface area contributed by atoms with Crippen LogP contribution in [0.25, 0.3) is 16.6 Å². The average Bonchev–Trinajstić information content (AvgIpc) is 3.03. The van der Waals surface area contributed by atoms with Crippen LogP contribution in [-0.2, 0) is 9.53 Å². The van der Waals surface area contributed by atoms with Crippen LogP contribution in [0.3, 0.4) is 0 Å². The van der Waals surface area contributed by atoms with Gasteiger partial charge >= 0.3 is 5.97 Å². The van der Waals surface area contributed by atoms with Gasteiger partial charge in [-0.3, -0.25) is 14.2 Å². The lowest BCUT2D eigenvalue weighted by Crippen LogP contribution is -2.23. The van der Waals surface area contributed by atoms with Gasteiger partial charge in [0.2, 0.25) is 0 Å². The Morgan fingerprint density at radius 1 is 1.23 bits per heavy atom. The Hall–Kier alpha value is -2.38. The lowest BCUT2D eigenvalue weighted by Gasteiger charge is -2.15. The Morgan fingerprint density at radius 2 is 2.04 bits per heavy atom. The molecule has 26 heavy (non-hydrogen) atoms. The number of carbonyl (C=O) groups excluding carboxylic acids is 1. The molecule has 1 fully saturated rings. The van der Waals surface area contributed by atoms with Crippen LogP contribution in [0.5, 0.6) is 0 Å². The van der Waals surface area contributed by atoms with Gasteiger partial charge in [-0.1, -0.05) is 35.5 Å². The minimum Gasteiger partial charge on any atom is -0.465 e. The largest absolute Gasteiger partial charge is 0.465 e. The lowest BCUT2D eigenvalue weighted by molar-refractivity contribution is -0.137. The minimum absolute atomic E-state index is 0.0983. The van der Waals surface area contributed by atoms with E-state index < -0.39 is 11.1 Å². The van der Waals surface area contributed by atoms with Crippen molar-refractivity contribution in [1.82, 2.24) is 9.55 Å². The molecule has 1 unspecified atom stereocenters. The summed E-state index contributed by atoms with van der Waals surface area (Å²) < 4.78 is 19.9. The molecule has 2 heterocycles. The van der Waals surface area contributed by atoms with Crippen molar-refractivity contribution in [2.24, 2.45) is 0 Å². The van der Waals surface area contributed by atoms with Crippen molar-refractivity contribution in [2.45, 2.75) is 16.8 Å². The standard InChI is InChI=1S/C18H12ClFN2O3S/c19-12-9-10(5-6-13(12)20)22-16(23)11-3-1-2-4-14(11)21-18(22)26-15-7-8-25-17(15)24/h1-6,9,15H,7-8H2. The molecular weight excluding hydrogens is 379 g/mol. The highest BCUT2D eigenvalue weighted by atomic mass is 35.5. The normalized spacial score (nSPS) is 16.8. The molecule has 1 aliphatic heterocycles. The predicted molar refractivity (Wildman–Crippen MR) is 97.5 cm³/mol. The second kappa shape index (κ2) is 6.74. The first-order chi connectivity index (χ1) is 12.5. The SMILES string of the molecule is O=C1OCCC1Sc1nc2ccccc2c(=O)n1-c1ccc(F)c(Cl)c1. The fourth-order valence-electron chi connectivity index (χ4n) is 2.75. The van der Waals surface area contributed by atoms with Gasteiger partial charge in [0.25, 0.3) is 5.56 Å². The Kier molecular flexibility index (Phi) is 4.42. The molecule has 0 N–H and O–H groups in total. The molecule has 1 saturated heterocycles. The Bertz CT molecular complexity index is 1090. The van der Waals surface area contributed by atoms with Gasteiger partial charge in [-0.15, -0.1) is 0 Å². The van der Waals surface area contributed by atoms with E-state index in [0.717, 1.165) is 11.8 Å². The third-order valence-electron chi connectivity index (χ3n) is 4.04. The summed E-state index contributed by atoms with van der Waals surface area (Å²) in [6.07, 6.45) is 0.538. The maximum Gasteiger partial charge on any atom is 0.319 e. The molecule has 0 spiro atoms. The van der Waals surface area contributed by atoms with Gasteiger partial charge in [0.05, 0.1) is 28.2 Å². The first-order valence-electron chi connectivity index (χ1n) is 7.85. The van der Waals surface area contributed by atoms with E-state index in [1.807, 2.05) is 0 Å². The van der Waals surface area contributed by atoms with Crippen LogP contribution in [-0.4, -0.2) is 27.4 Å². The number of rotatable bonds is 3. The molecule has 3 aromatic rings. The van der Waals surface area contributed by atoms with Crippen LogP contribution in [0.15, 0.2) is 52.4 Å². The summed E-state index contributed by atoms with van der Waals surface area (Å²) in [6.45, 7) is 0.344. The third kappa shape index (κ3) is 2.97. The summed E-state index contributed by atoms with van der Waals surface area (Å²) in [5.41, 5.74) is 0.594. The van der Waals surface area contributed by atoms with Crippen molar-refractivity contribution in [3.8, 4) is 5.69 Å². The zero-order valence-electron chi connectivity index (χ0n) is 13.3. The number of cyclic esters (lactones) is 1. The van der Waals surface area contributed by atoms with Crippen LogP contribution >= 0.6 is 23.4 Å². The van der Waals surface area contributed by atoms with Gasteiger partial charge in [0.15, 0.2) is 5.16 Å². The number of halogens is 2. The third-order valence-corrected chi connectivity index (χ3v) is 5.53. The molecule has 4 rings (SSSR count). The smallest absolute Gasteiger partial charge is 0.319 e. The summed E-state index contributed by atoms with van der Waals surface area (Å²) in [7, 11) is 0. The quantitative estimate of drug-likeness (QED) is 0.505. The van der Waals surface area contributed by atoms with Crippen molar-refractivity contribution in [3.05, 3.63) is 63.7 Å². The fourth-order valence-corrected chi connectivity index (χ4v) is 4.01. The molecule has 0 saturated carbocycles. The van der Waals surface area contributed by atoms with E-state index in [4.69, 9.17) is 16.3 Å². The van der Waals surface area contributed by atoms with Gasteiger partial charge in [0, 0.05) is 6.42 Å². The van der Waals surface area contributed by atoms with E-state index in [1.165, 1.54) is 22.8 Å². The molecule has 2 aromatic carbocycles. The number of benzene rings is 2. The van der Waals surface area contributed by atoms with E-state index in [1.54, 1.807) is 24.3 Å². The van der Waals surface area contributed by atoms with E-state index >= 15 is 0 Å². The molecule has 0 radical (unpaired) electrons. The fraction of sp³-hybridized carbons (Fsp3) is 0.167. The number of esters is 1. The monoisotopic (exact) mass is 390 g/mol. The van der Waals surface area contributed by atoms with Gasteiger partial charge < -0.3 is 4.74 Å². The zero-order valence-corrected chi connectivity index (χ0v) is 14.9. The van der Waals surface area contributed by atoms with Crippen molar-refractivity contribution >= 4 is 40.2 Å². The molecule has 0 amide bonds. The summed E-state index contributed by atoms with van der Waals surface area (Å²) in [6, 6.07) is 10.9. The highest BCUT2D eigenvalue weighted by Crippen LogP contribution is 2.30. The lowest BCUT2D eigenvalue weighted by atomic mass is 10.2. The van der Waals surface area contributed by atoms with E-state index in [9.17, 15) is 14.0 Å². The van der Waals surface area contributed by atoms with E-state index in [2.05, 4.69) is 4.98 Å². The number of fused-ring (bicyclic) bond motifs is 1. The van der Waals surface area contributed by atoms with Crippen LogP contribution in [0.4, 0.5) is 4.39 Å².